The maximum absolute atomic E-state index is 12.1. The van der Waals surface area contributed by atoms with Gasteiger partial charge in [-0.15, -0.1) is 0 Å². The smallest absolute Gasteiger partial charge is 0.323 e. The molecule has 0 bridgehead atoms. The van der Waals surface area contributed by atoms with Crippen molar-refractivity contribution in [3.63, 3.8) is 0 Å². The second-order valence-electron chi connectivity index (χ2n) is 5.22. The number of anilines is 1. The molecule has 106 valence electrons. The van der Waals surface area contributed by atoms with Gasteiger partial charge in [-0.05, 0) is 32.9 Å². The minimum absolute atomic E-state index is 0.00697. The Morgan fingerprint density at radius 1 is 1.37 bits per heavy atom. The fraction of sp³-hybridized carbons (Fsp3) is 0.500. The largest absolute Gasteiger partial charge is 0.480 e. The van der Waals surface area contributed by atoms with E-state index >= 15 is 0 Å². The van der Waals surface area contributed by atoms with Crippen LogP contribution in [-0.2, 0) is 14.6 Å². The van der Waals surface area contributed by atoms with Gasteiger partial charge < -0.3 is 10.0 Å². The Hall–Kier alpha value is -1.63. The van der Waals surface area contributed by atoms with Gasteiger partial charge in [0.25, 0.3) is 0 Å². The predicted octanol–water partition coefficient (Wildman–Crippen LogP) is 1.17. The first-order valence-electron chi connectivity index (χ1n) is 5.69. The molecule has 0 aliphatic rings. The van der Waals surface area contributed by atoms with Crippen molar-refractivity contribution in [1.82, 2.24) is 4.98 Å². The van der Waals surface area contributed by atoms with Crippen molar-refractivity contribution in [2.24, 2.45) is 0 Å². The summed E-state index contributed by atoms with van der Waals surface area (Å²) in [5, 5.41) is 8.67. The molecule has 1 aromatic heterocycles. The highest BCUT2D eigenvalue weighted by atomic mass is 32.2. The van der Waals surface area contributed by atoms with Gasteiger partial charge in [-0.1, -0.05) is 0 Å². The Morgan fingerprint density at radius 3 is 2.32 bits per heavy atom. The van der Waals surface area contributed by atoms with Gasteiger partial charge in [0.1, 0.15) is 6.54 Å². The number of carbonyl (C=O) groups is 1. The van der Waals surface area contributed by atoms with Crippen LogP contribution in [0.5, 0.6) is 0 Å². The van der Waals surface area contributed by atoms with Gasteiger partial charge in [-0.25, -0.2) is 13.4 Å². The second kappa shape index (κ2) is 5.16. The van der Waals surface area contributed by atoms with Crippen LogP contribution in [0.15, 0.2) is 23.4 Å². The number of carboxylic acids is 1. The average molecular weight is 286 g/mol. The van der Waals surface area contributed by atoms with E-state index < -0.39 is 20.6 Å². The van der Waals surface area contributed by atoms with Gasteiger partial charge in [0.05, 0.1) is 16.6 Å². The van der Waals surface area contributed by atoms with Crippen molar-refractivity contribution >= 4 is 21.5 Å². The number of hydrogen-bond acceptors (Lipinski definition) is 5. The zero-order valence-electron chi connectivity index (χ0n) is 11.4. The molecule has 0 aliphatic carbocycles. The van der Waals surface area contributed by atoms with Crippen LogP contribution in [0.3, 0.4) is 0 Å². The standard InChI is InChI=1S/C12H18N2O4S/c1-12(2,3)19(17,18)10-6-5-9(7-13-10)14(4)8-11(15)16/h5-7H,8H2,1-4H3,(H,15,16). The molecule has 0 amide bonds. The number of carboxylic acid groups (broad SMARTS) is 1. The first-order chi connectivity index (χ1) is 8.55. The fourth-order valence-electron chi connectivity index (χ4n) is 1.37. The topological polar surface area (TPSA) is 87.6 Å². The van der Waals surface area contributed by atoms with E-state index in [-0.39, 0.29) is 11.6 Å². The van der Waals surface area contributed by atoms with Crippen LogP contribution in [0.1, 0.15) is 20.8 Å². The molecule has 0 saturated heterocycles. The minimum atomic E-state index is -3.49. The lowest BCUT2D eigenvalue weighted by atomic mass is 10.3. The van der Waals surface area contributed by atoms with Crippen molar-refractivity contribution in [2.45, 2.75) is 30.5 Å². The lowest BCUT2D eigenvalue weighted by Gasteiger charge is -2.20. The Kier molecular flexibility index (Phi) is 4.19. The molecule has 1 heterocycles. The first-order valence-corrected chi connectivity index (χ1v) is 7.17. The maximum atomic E-state index is 12.1. The molecule has 0 aromatic carbocycles. The van der Waals surface area contributed by atoms with Gasteiger partial charge in [0, 0.05) is 7.05 Å². The summed E-state index contributed by atoms with van der Waals surface area (Å²) in [6.45, 7) is 4.64. The number of nitrogens with zero attached hydrogens (tertiary/aromatic N) is 2. The summed E-state index contributed by atoms with van der Waals surface area (Å²) >= 11 is 0. The van der Waals surface area contributed by atoms with Crippen LogP contribution in [0.25, 0.3) is 0 Å². The summed E-state index contributed by atoms with van der Waals surface area (Å²) in [5.41, 5.74) is 0.551. The molecule has 0 spiro atoms. The third-order valence-electron chi connectivity index (χ3n) is 2.62. The summed E-state index contributed by atoms with van der Waals surface area (Å²) < 4.78 is 23.4. The molecule has 0 aliphatic heterocycles. The molecule has 0 fully saturated rings. The van der Waals surface area contributed by atoms with Crippen LogP contribution in [0.2, 0.25) is 0 Å². The molecule has 19 heavy (non-hydrogen) atoms. The highest BCUT2D eigenvalue weighted by Gasteiger charge is 2.31. The predicted molar refractivity (Wildman–Crippen MR) is 72.1 cm³/mol. The Bertz CT molecular complexity index is 558. The van der Waals surface area contributed by atoms with Crippen LogP contribution in [-0.4, -0.2) is 42.8 Å². The van der Waals surface area contributed by atoms with E-state index in [2.05, 4.69) is 4.98 Å². The molecule has 1 rings (SSSR count). The van der Waals surface area contributed by atoms with Crippen molar-refractivity contribution in [3.8, 4) is 0 Å². The van der Waals surface area contributed by atoms with Crippen molar-refractivity contribution in [1.29, 1.82) is 0 Å². The second-order valence-corrected chi connectivity index (χ2v) is 7.87. The zero-order chi connectivity index (χ0) is 14.8. The number of aliphatic carboxylic acids is 1. The lowest BCUT2D eigenvalue weighted by Crippen LogP contribution is -2.29. The molecule has 7 heteroatoms. The van der Waals surface area contributed by atoms with E-state index in [1.807, 2.05) is 0 Å². The number of aromatic nitrogens is 1. The normalized spacial score (nSPS) is 12.2. The maximum Gasteiger partial charge on any atom is 0.323 e. The van der Waals surface area contributed by atoms with Gasteiger partial charge in [-0.3, -0.25) is 4.79 Å². The molecule has 0 atom stereocenters. The number of likely N-dealkylation sites (N-methyl/N-ethyl adjacent to an activating group) is 1. The lowest BCUT2D eigenvalue weighted by molar-refractivity contribution is -0.135. The summed E-state index contributed by atoms with van der Waals surface area (Å²) in [5.74, 6) is -0.964. The van der Waals surface area contributed by atoms with Crippen LogP contribution in [0, 0.1) is 0 Å². The monoisotopic (exact) mass is 286 g/mol. The third-order valence-corrected chi connectivity index (χ3v) is 5.02. The number of hydrogen-bond donors (Lipinski definition) is 1. The highest BCUT2D eigenvalue weighted by Crippen LogP contribution is 2.24. The zero-order valence-corrected chi connectivity index (χ0v) is 12.2. The quantitative estimate of drug-likeness (QED) is 0.894. The van der Waals surface area contributed by atoms with Gasteiger partial charge in [0.15, 0.2) is 14.9 Å². The summed E-state index contributed by atoms with van der Waals surface area (Å²) in [6.07, 6.45) is 1.36. The van der Waals surface area contributed by atoms with E-state index in [1.165, 1.54) is 17.2 Å². The van der Waals surface area contributed by atoms with E-state index in [0.717, 1.165) is 0 Å². The Morgan fingerprint density at radius 2 is 1.95 bits per heavy atom. The molecular weight excluding hydrogens is 268 g/mol. The average Bonchev–Trinajstić information content (AvgIpc) is 2.26. The summed E-state index contributed by atoms with van der Waals surface area (Å²) in [6, 6.07) is 2.95. The van der Waals surface area contributed by atoms with Crippen LogP contribution < -0.4 is 4.90 Å². The molecule has 1 aromatic rings. The van der Waals surface area contributed by atoms with Crippen LogP contribution in [0.4, 0.5) is 5.69 Å². The molecule has 1 N–H and O–H groups in total. The molecule has 6 nitrogen and oxygen atoms in total. The molecule has 0 saturated carbocycles. The summed E-state index contributed by atoms with van der Waals surface area (Å²) in [4.78, 5) is 16.0. The molecule has 0 unspecified atom stereocenters. The number of pyridine rings is 1. The van der Waals surface area contributed by atoms with E-state index in [9.17, 15) is 13.2 Å². The fourth-order valence-corrected chi connectivity index (χ4v) is 2.43. The minimum Gasteiger partial charge on any atom is -0.480 e. The highest BCUT2D eigenvalue weighted by molar-refractivity contribution is 7.92. The molecular formula is C12H18N2O4S. The summed E-state index contributed by atoms with van der Waals surface area (Å²) in [7, 11) is -1.89. The van der Waals surface area contributed by atoms with Gasteiger partial charge in [-0.2, -0.15) is 0 Å². The van der Waals surface area contributed by atoms with Gasteiger partial charge in [0.2, 0.25) is 0 Å². The first kappa shape index (κ1) is 15.4. The third kappa shape index (κ3) is 3.44. The van der Waals surface area contributed by atoms with E-state index in [4.69, 9.17) is 5.11 Å². The van der Waals surface area contributed by atoms with E-state index in [1.54, 1.807) is 33.9 Å². The van der Waals surface area contributed by atoms with Crippen LogP contribution >= 0.6 is 0 Å². The van der Waals surface area contributed by atoms with Crippen molar-refractivity contribution < 1.29 is 18.3 Å². The Balaban J connectivity index is 3.04. The Labute approximate surface area is 113 Å². The number of sulfone groups is 1. The number of rotatable bonds is 4. The van der Waals surface area contributed by atoms with Gasteiger partial charge >= 0.3 is 5.97 Å². The SMILES string of the molecule is CN(CC(=O)O)c1ccc(S(=O)(=O)C(C)(C)C)nc1. The van der Waals surface area contributed by atoms with E-state index in [0.29, 0.717) is 5.69 Å². The van der Waals surface area contributed by atoms with Crippen molar-refractivity contribution in [2.75, 3.05) is 18.5 Å². The van der Waals surface area contributed by atoms with Crippen molar-refractivity contribution in [3.05, 3.63) is 18.3 Å². The molecule has 0 radical (unpaired) electrons.